The van der Waals surface area contributed by atoms with Gasteiger partial charge < -0.3 is 0 Å². The maximum Gasteiger partial charge on any atom is 0.220 e. The molecule has 0 atom stereocenters. The van der Waals surface area contributed by atoms with Gasteiger partial charge in [0.2, 0.25) is 11.0 Å². The lowest BCUT2D eigenvalue weighted by Gasteiger charge is -2.11. The first kappa shape index (κ1) is 56.4. The van der Waals surface area contributed by atoms with Crippen molar-refractivity contribution in [3.8, 4) is 0 Å². The molecule has 0 aliphatic rings. The van der Waals surface area contributed by atoms with Crippen LogP contribution in [-0.4, -0.2) is 0 Å². The van der Waals surface area contributed by atoms with Crippen molar-refractivity contribution in [2.75, 3.05) is 0 Å². The van der Waals surface area contributed by atoms with Gasteiger partial charge in [-0.2, -0.15) is 4.57 Å². The van der Waals surface area contributed by atoms with E-state index < -0.39 is 0 Å². The molecule has 0 unspecified atom stereocenters. The van der Waals surface area contributed by atoms with Crippen molar-refractivity contribution in [1.29, 1.82) is 0 Å². The molecule has 332 valence electrons. The molecule has 0 fully saturated rings. The molecule has 0 N–H and O–H groups in total. The summed E-state index contributed by atoms with van der Waals surface area (Å²) in [6, 6.07) is 49.6. The Kier molecular flexibility index (Phi) is 28.5. The largest absolute Gasteiger partial charge is 0.220 e. The number of pyridine rings is 2. The van der Waals surface area contributed by atoms with Crippen LogP contribution in [0.3, 0.4) is 0 Å². The molecule has 0 aliphatic carbocycles. The number of aromatic nitrogens is 2. The quantitative estimate of drug-likeness (QED) is 0.106. The van der Waals surface area contributed by atoms with Crippen LogP contribution in [0.25, 0.3) is 64.9 Å². The predicted octanol–water partition coefficient (Wildman–Crippen LogP) is 18.0. The zero-order valence-corrected chi connectivity index (χ0v) is 42.8. The molecule has 2 heteroatoms. The highest BCUT2D eigenvalue weighted by molar-refractivity contribution is 6.10. The van der Waals surface area contributed by atoms with Crippen LogP contribution in [0.2, 0.25) is 0 Å². The number of para-hydroxylation sites is 1. The van der Waals surface area contributed by atoms with E-state index in [0.29, 0.717) is 0 Å². The molecule has 0 amide bonds. The molecule has 0 saturated carbocycles. The van der Waals surface area contributed by atoms with Crippen molar-refractivity contribution in [2.24, 2.45) is 14.1 Å². The molecule has 9 aromatic rings. The van der Waals surface area contributed by atoms with E-state index in [1.165, 1.54) is 87.3 Å². The van der Waals surface area contributed by atoms with Crippen LogP contribution in [0.15, 0.2) is 146 Å². The molecule has 0 saturated heterocycles. The van der Waals surface area contributed by atoms with Gasteiger partial charge >= 0.3 is 0 Å². The maximum atomic E-state index is 2.26. The topological polar surface area (TPSA) is 7.76 Å². The summed E-state index contributed by atoms with van der Waals surface area (Å²) in [5.41, 5.74) is 8.06. The second-order valence-electron chi connectivity index (χ2n) is 12.8. The van der Waals surface area contributed by atoms with Gasteiger partial charge in [-0.3, -0.25) is 0 Å². The average molecular weight is 833 g/mol. The molecular weight excluding hydrogens is 749 g/mol. The second-order valence-corrected chi connectivity index (χ2v) is 12.8. The van der Waals surface area contributed by atoms with E-state index in [2.05, 4.69) is 197 Å². The summed E-state index contributed by atoms with van der Waals surface area (Å²) in [6.07, 6.45) is 2.11. The molecule has 2 heterocycles. The monoisotopic (exact) mass is 833 g/mol. The summed E-state index contributed by atoms with van der Waals surface area (Å²) in [4.78, 5) is 0. The van der Waals surface area contributed by atoms with E-state index in [1.54, 1.807) is 0 Å². The summed E-state index contributed by atoms with van der Waals surface area (Å²) in [5, 5.41) is 13.5. The van der Waals surface area contributed by atoms with Gasteiger partial charge in [-0.05, 0) is 88.7 Å². The van der Waals surface area contributed by atoms with Crippen LogP contribution < -0.4 is 9.13 Å². The van der Waals surface area contributed by atoms with Gasteiger partial charge in [0.1, 0.15) is 14.1 Å². The SMILES string of the molecule is CC.CC.CC.CC.CC.CC.CC.Cc1c(C)c2ccccc2c2ccccc12.Cc1c2ccccc2c2ccccc2[n+]1C.Cc1cccc2ccc3ccc[n+](C)c3c12. The first-order valence-corrected chi connectivity index (χ1v) is 23.7. The third-order valence-electron chi connectivity index (χ3n) is 10.1. The van der Waals surface area contributed by atoms with E-state index in [1.807, 2.05) is 96.9 Å². The lowest BCUT2D eigenvalue weighted by Crippen LogP contribution is -2.33. The number of hydrogen-bond donors (Lipinski definition) is 0. The standard InChI is InChI=1S/C16H14.2C15H14N.7C2H6/c1-11-12(2)14-8-4-6-10-16(14)15-9-5-3-7-13(11)15;1-11-5-3-6-12-8-9-13-7-4-10-16(2)15(13)14(11)12;1-11-12-7-3-4-8-13(12)14-9-5-6-10-15(14)16(11)2;7*1-2/h3*3-10H,1-2H3;7*1-2H3/q;2*+1;;;;;;;. The summed E-state index contributed by atoms with van der Waals surface area (Å²) >= 11 is 0. The molecule has 0 bridgehead atoms. The lowest BCUT2D eigenvalue weighted by molar-refractivity contribution is -0.649. The minimum atomic E-state index is 1.29. The Morgan fingerprint density at radius 3 is 1.18 bits per heavy atom. The highest BCUT2D eigenvalue weighted by Gasteiger charge is 2.14. The molecule has 0 aliphatic heterocycles. The fourth-order valence-electron chi connectivity index (χ4n) is 7.30. The zero-order chi connectivity index (χ0) is 47.4. The van der Waals surface area contributed by atoms with Crippen LogP contribution in [0.4, 0.5) is 0 Å². The number of rotatable bonds is 0. The summed E-state index contributed by atoms with van der Waals surface area (Å²) in [7, 11) is 4.23. The first-order chi connectivity index (χ1) is 30.3. The molecule has 9 rings (SSSR count). The summed E-state index contributed by atoms with van der Waals surface area (Å²) < 4.78 is 4.46. The maximum absolute atomic E-state index is 2.26. The predicted molar refractivity (Wildman–Crippen MR) is 285 cm³/mol. The number of nitrogens with zero attached hydrogens (tertiary/aromatic N) is 2. The van der Waals surface area contributed by atoms with Gasteiger partial charge in [0.15, 0.2) is 11.9 Å². The summed E-state index contributed by atoms with van der Waals surface area (Å²) in [5.74, 6) is 0. The number of aryl methyl sites for hydroxylation is 6. The van der Waals surface area contributed by atoms with E-state index in [-0.39, 0.29) is 0 Å². The molecule has 2 nitrogen and oxygen atoms in total. The van der Waals surface area contributed by atoms with Crippen molar-refractivity contribution in [2.45, 2.75) is 125 Å². The highest BCUT2D eigenvalue weighted by Crippen LogP contribution is 2.32. The third-order valence-corrected chi connectivity index (χ3v) is 10.1. The molecular formula is C60H84N2+2. The van der Waals surface area contributed by atoms with Gasteiger partial charge in [-0.1, -0.05) is 200 Å². The van der Waals surface area contributed by atoms with Crippen LogP contribution in [0.5, 0.6) is 0 Å². The molecule has 2 aromatic heterocycles. The Bertz CT molecular complexity index is 2330. The van der Waals surface area contributed by atoms with Gasteiger partial charge in [0.25, 0.3) is 0 Å². The van der Waals surface area contributed by atoms with Crippen LogP contribution in [0.1, 0.15) is 119 Å². The van der Waals surface area contributed by atoms with Crippen LogP contribution in [0, 0.1) is 27.7 Å². The average Bonchev–Trinajstić information content (AvgIpc) is 3.37. The smallest absolute Gasteiger partial charge is 0.200 e. The minimum absolute atomic E-state index is 1.29. The van der Waals surface area contributed by atoms with Gasteiger partial charge in [0.05, 0.1) is 10.8 Å². The van der Waals surface area contributed by atoms with Gasteiger partial charge in [0, 0.05) is 35.2 Å². The number of hydrogen-bond acceptors (Lipinski definition) is 0. The van der Waals surface area contributed by atoms with Gasteiger partial charge in [-0.25, -0.2) is 4.57 Å². The zero-order valence-electron chi connectivity index (χ0n) is 42.8. The fraction of sp³-hybridized carbons (Fsp3) is 0.333. The third kappa shape index (κ3) is 13.4. The Morgan fingerprint density at radius 1 is 0.323 bits per heavy atom. The van der Waals surface area contributed by atoms with E-state index in [4.69, 9.17) is 0 Å². The van der Waals surface area contributed by atoms with Crippen LogP contribution in [-0.2, 0) is 14.1 Å². The Balaban J connectivity index is 0.000000787. The van der Waals surface area contributed by atoms with Crippen molar-refractivity contribution in [1.82, 2.24) is 0 Å². The molecule has 0 radical (unpaired) electrons. The normalized spacial score (nSPS) is 9.29. The highest BCUT2D eigenvalue weighted by atomic mass is 14.9. The molecule has 7 aromatic carbocycles. The van der Waals surface area contributed by atoms with E-state index in [0.717, 1.165) is 0 Å². The van der Waals surface area contributed by atoms with Crippen LogP contribution >= 0.6 is 0 Å². The Morgan fingerprint density at radius 2 is 0.694 bits per heavy atom. The van der Waals surface area contributed by atoms with E-state index >= 15 is 0 Å². The lowest BCUT2D eigenvalue weighted by atomic mass is 9.93. The van der Waals surface area contributed by atoms with Crippen molar-refractivity contribution in [3.63, 3.8) is 0 Å². The van der Waals surface area contributed by atoms with Crippen molar-refractivity contribution < 1.29 is 9.13 Å². The second kappa shape index (κ2) is 31.3. The van der Waals surface area contributed by atoms with Crippen molar-refractivity contribution >= 4 is 64.9 Å². The first-order valence-electron chi connectivity index (χ1n) is 23.7. The Hall–Kier alpha value is -5.60. The fourth-order valence-corrected chi connectivity index (χ4v) is 7.30. The number of fused-ring (bicyclic) bond motifs is 9. The number of benzene rings is 7. The molecule has 0 spiro atoms. The minimum Gasteiger partial charge on any atom is -0.200 e. The van der Waals surface area contributed by atoms with Crippen molar-refractivity contribution in [3.05, 3.63) is 168 Å². The van der Waals surface area contributed by atoms with Gasteiger partial charge in [-0.15, -0.1) is 0 Å². The van der Waals surface area contributed by atoms with E-state index in [9.17, 15) is 0 Å². The summed E-state index contributed by atoms with van der Waals surface area (Å²) in [6.45, 7) is 36.8. The molecule has 62 heavy (non-hydrogen) atoms. The Labute approximate surface area is 379 Å².